The highest BCUT2D eigenvalue weighted by Crippen LogP contribution is 2.51. The molecule has 2 aliphatic rings. The van der Waals surface area contributed by atoms with E-state index in [1.54, 1.807) is 0 Å². The number of hydrogen-bond acceptors (Lipinski definition) is 6. The van der Waals surface area contributed by atoms with Crippen LogP contribution in [0.2, 0.25) is 0 Å². The summed E-state index contributed by atoms with van der Waals surface area (Å²) in [7, 11) is -1.55. The van der Waals surface area contributed by atoms with E-state index in [0.29, 0.717) is 10.1 Å². The van der Waals surface area contributed by atoms with Crippen LogP contribution in [0.3, 0.4) is 0 Å². The molecule has 2 heterocycles. The van der Waals surface area contributed by atoms with Crippen LogP contribution in [0, 0.1) is 0 Å². The van der Waals surface area contributed by atoms with E-state index in [-0.39, 0.29) is 10.5 Å². The molecule has 3 amide bonds. The van der Waals surface area contributed by atoms with Gasteiger partial charge in [0.2, 0.25) is 11.8 Å². The highest BCUT2D eigenvalue weighted by molar-refractivity contribution is 7.90. The lowest BCUT2D eigenvalue weighted by Crippen LogP contribution is -2.51. The lowest BCUT2D eigenvalue weighted by Gasteiger charge is -2.30. The zero-order chi connectivity index (χ0) is 17.2. The Kier molecular flexibility index (Phi) is 3.06. The van der Waals surface area contributed by atoms with Gasteiger partial charge in [-0.25, -0.2) is 12.7 Å². The van der Waals surface area contributed by atoms with Crippen LogP contribution < -0.4 is 4.74 Å². The van der Waals surface area contributed by atoms with Crippen molar-refractivity contribution in [2.75, 3.05) is 14.2 Å². The van der Waals surface area contributed by atoms with Gasteiger partial charge in [0.05, 0.1) is 18.4 Å². The summed E-state index contributed by atoms with van der Waals surface area (Å²) >= 11 is 0. The number of methoxy groups -OCH3 is 1. The first-order valence-corrected chi connectivity index (χ1v) is 8.17. The molecule has 0 bridgehead atoms. The molecule has 8 nitrogen and oxygen atoms in total. The number of nitrogens with zero attached hydrogens (tertiary/aromatic N) is 2. The van der Waals surface area contributed by atoms with Crippen molar-refractivity contribution in [1.82, 2.24) is 9.21 Å². The third kappa shape index (κ3) is 1.70. The summed E-state index contributed by atoms with van der Waals surface area (Å²) in [6, 6.07) is 4.10. The lowest BCUT2D eigenvalue weighted by molar-refractivity contribution is -0.143. The van der Waals surface area contributed by atoms with Gasteiger partial charge in [-0.15, -0.1) is 0 Å². The van der Waals surface area contributed by atoms with Crippen molar-refractivity contribution in [2.24, 2.45) is 0 Å². The van der Waals surface area contributed by atoms with Gasteiger partial charge in [-0.05, 0) is 18.2 Å². The Morgan fingerprint density at radius 1 is 1.30 bits per heavy atom. The van der Waals surface area contributed by atoms with Crippen LogP contribution in [-0.4, -0.2) is 49.5 Å². The summed E-state index contributed by atoms with van der Waals surface area (Å²) in [5, 5.41) is 0. The number of likely N-dealkylation sites (tertiary alicyclic amines) is 1. The predicted octanol–water partition coefficient (Wildman–Crippen LogP) is -0.170. The Labute approximate surface area is 132 Å². The zero-order valence-corrected chi connectivity index (χ0v) is 13.5. The molecule has 1 spiro atoms. The average molecular weight is 338 g/mol. The van der Waals surface area contributed by atoms with Crippen LogP contribution in [0.4, 0.5) is 0 Å². The van der Waals surface area contributed by atoms with Crippen molar-refractivity contribution in [1.29, 1.82) is 0 Å². The van der Waals surface area contributed by atoms with Gasteiger partial charge in [-0.3, -0.25) is 19.3 Å². The molecular weight excluding hydrogens is 324 g/mol. The van der Waals surface area contributed by atoms with E-state index in [4.69, 9.17) is 4.74 Å². The lowest BCUT2D eigenvalue weighted by atomic mass is 9.87. The molecule has 122 valence electrons. The molecule has 0 aromatic heterocycles. The van der Waals surface area contributed by atoms with E-state index in [1.807, 2.05) is 0 Å². The average Bonchev–Trinajstić information content (AvgIpc) is 2.83. The van der Waals surface area contributed by atoms with Crippen molar-refractivity contribution in [3.63, 3.8) is 0 Å². The van der Waals surface area contributed by atoms with Crippen molar-refractivity contribution < 1.29 is 27.5 Å². The third-order valence-corrected chi connectivity index (χ3v) is 6.18. The first-order chi connectivity index (χ1) is 10.7. The van der Waals surface area contributed by atoms with Gasteiger partial charge in [0.1, 0.15) is 5.75 Å². The molecule has 1 aromatic carbocycles. The molecule has 0 saturated carbocycles. The molecule has 1 aromatic rings. The fourth-order valence-electron chi connectivity index (χ4n) is 3.21. The molecule has 1 fully saturated rings. The van der Waals surface area contributed by atoms with Gasteiger partial charge >= 0.3 is 0 Å². The van der Waals surface area contributed by atoms with Gasteiger partial charge in [0.25, 0.3) is 15.9 Å². The minimum Gasteiger partial charge on any atom is -0.497 e. The van der Waals surface area contributed by atoms with Crippen LogP contribution in [0.15, 0.2) is 23.1 Å². The number of sulfonamides is 1. The highest BCUT2D eigenvalue weighted by Gasteiger charge is 2.65. The second kappa shape index (κ2) is 4.54. The van der Waals surface area contributed by atoms with E-state index in [1.165, 1.54) is 32.4 Å². The SMILES string of the molecule is COc1ccc2c(c1)C1(CC(=O)N(C)C1=O)N(C(C)=O)S2(=O)=O. The van der Waals surface area contributed by atoms with E-state index < -0.39 is 39.7 Å². The Bertz CT molecular complexity index is 862. The predicted molar refractivity (Wildman–Crippen MR) is 76.8 cm³/mol. The van der Waals surface area contributed by atoms with Crippen LogP contribution in [0.5, 0.6) is 5.75 Å². The summed E-state index contributed by atoms with van der Waals surface area (Å²) in [6.45, 7) is 1.05. The first kappa shape index (κ1) is 15.5. The molecular formula is C14H14N2O6S. The quantitative estimate of drug-likeness (QED) is 0.659. The number of carbonyl (C=O) groups excluding carboxylic acids is 3. The second-order valence-corrected chi connectivity index (χ2v) is 7.20. The topological polar surface area (TPSA) is 101 Å². The summed E-state index contributed by atoms with van der Waals surface area (Å²) in [4.78, 5) is 37.5. The Morgan fingerprint density at radius 2 is 1.96 bits per heavy atom. The van der Waals surface area contributed by atoms with Crippen molar-refractivity contribution in [3.05, 3.63) is 23.8 Å². The highest BCUT2D eigenvalue weighted by atomic mass is 32.2. The Balaban J connectivity index is 2.41. The van der Waals surface area contributed by atoms with Gasteiger partial charge < -0.3 is 4.74 Å². The molecule has 0 radical (unpaired) electrons. The van der Waals surface area contributed by atoms with Crippen molar-refractivity contribution >= 4 is 27.7 Å². The van der Waals surface area contributed by atoms with E-state index in [9.17, 15) is 22.8 Å². The summed E-state index contributed by atoms with van der Waals surface area (Å²) in [5.74, 6) is -1.78. The second-order valence-electron chi connectivity index (χ2n) is 5.45. The molecule has 1 saturated heterocycles. The fraction of sp³-hybridized carbons (Fsp3) is 0.357. The monoisotopic (exact) mass is 338 g/mol. The molecule has 9 heteroatoms. The maximum absolute atomic E-state index is 12.7. The van der Waals surface area contributed by atoms with Crippen LogP contribution in [0.25, 0.3) is 0 Å². The smallest absolute Gasteiger partial charge is 0.268 e. The maximum atomic E-state index is 12.7. The number of carbonyl (C=O) groups is 3. The summed E-state index contributed by atoms with van der Waals surface area (Å²) in [6.07, 6.45) is -0.415. The minimum atomic E-state index is -4.21. The third-order valence-electron chi connectivity index (χ3n) is 4.22. The number of hydrogen-bond donors (Lipinski definition) is 0. The van der Waals surface area contributed by atoms with E-state index in [0.717, 1.165) is 11.8 Å². The van der Waals surface area contributed by atoms with E-state index in [2.05, 4.69) is 0 Å². The maximum Gasteiger partial charge on any atom is 0.268 e. The van der Waals surface area contributed by atoms with Gasteiger partial charge in [0.15, 0.2) is 5.54 Å². The Hall–Kier alpha value is -2.42. The molecule has 3 rings (SSSR count). The number of ether oxygens (including phenoxy) is 1. The molecule has 1 atom stereocenters. The van der Waals surface area contributed by atoms with Crippen LogP contribution in [0.1, 0.15) is 18.9 Å². The molecule has 0 aliphatic carbocycles. The number of amides is 3. The molecule has 0 N–H and O–H groups in total. The van der Waals surface area contributed by atoms with Crippen LogP contribution in [-0.2, 0) is 29.9 Å². The largest absolute Gasteiger partial charge is 0.497 e. The van der Waals surface area contributed by atoms with Gasteiger partial charge in [-0.2, -0.15) is 0 Å². The molecule has 23 heavy (non-hydrogen) atoms. The van der Waals surface area contributed by atoms with Gasteiger partial charge in [-0.1, -0.05) is 0 Å². The molecule has 1 unspecified atom stereocenters. The Morgan fingerprint density at radius 3 is 2.43 bits per heavy atom. The van der Waals surface area contributed by atoms with Crippen LogP contribution >= 0.6 is 0 Å². The number of fused-ring (bicyclic) bond motifs is 2. The molecule has 2 aliphatic heterocycles. The summed E-state index contributed by atoms with van der Waals surface area (Å²) in [5.41, 5.74) is -1.77. The normalized spacial score (nSPS) is 25.2. The number of rotatable bonds is 1. The summed E-state index contributed by atoms with van der Waals surface area (Å²) < 4.78 is 31.1. The number of benzene rings is 1. The van der Waals surface area contributed by atoms with E-state index >= 15 is 0 Å². The number of imide groups is 1. The zero-order valence-electron chi connectivity index (χ0n) is 12.7. The standard InChI is InChI=1S/C14H14N2O6S/c1-8(17)16-14(7-12(18)15(2)13(14)19)10-6-9(22-3)4-5-11(10)23(16,20)21/h4-6H,7H2,1-3H3. The van der Waals surface area contributed by atoms with Crippen molar-refractivity contribution in [2.45, 2.75) is 23.8 Å². The fourth-order valence-corrected chi connectivity index (χ4v) is 5.14. The first-order valence-electron chi connectivity index (χ1n) is 6.73. The number of likely N-dealkylation sites (N-methyl/N-ethyl adjacent to an activating group) is 1. The van der Waals surface area contributed by atoms with Crippen molar-refractivity contribution in [3.8, 4) is 5.75 Å². The van der Waals surface area contributed by atoms with Gasteiger partial charge in [0, 0.05) is 19.5 Å². The minimum absolute atomic E-state index is 0.0924.